The number of fused-ring (bicyclic) bond motifs is 1. The summed E-state index contributed by atoms with van der Waals surface area (Å²) >= 11 is 0. The van der Waals surface area contributed by atoms with Crippen LogP contribution in [0.3, 0.4) is 0 Å². The van der Waals surface area contributed by atoms with Gasteiger partial charge in [-0.3, -0.25) is 4.79 Å². The number of carbonyl (C=O) groups is 1. The quantitative estimate of drug-likeness (QED) is 0.686. The van der Waals surface area contributed by atoms with Crippen molar-refractivity contribution >= 4 is 5.91 Å². The van der Waals surface area contributed by atoms with Gasteiger partial charge in [0, 0.05) is 42.8 Å². The number of hydrogen-bond acceptors (Lipinski definition) is 6. The summed E-state index contributed by atoms with van der Waals surface area (Å²) in [5.41, 5.74) is 8.92. The van der Waals surface area contributed by atoms with Crippen molar-refractivity contribution in [2.45, 2.75) is 44.1 Å². The number of nitrogens with one attached hydrogen (secondary N) is 1. The number of aliphatic hydroxyl groups excluding tert-OH is 1. The van der Waals surface area contributed by atoms with E-state index in [1.165, 1.54) is 17.3 Å². The molecule has 1 aromatic carbocycles. The number of benzene rings is 1. The van der Waals surface area contributed by atoms with Crippen molar-refractivity contribution in [3.63, 3.8) is 0 Å². The average molecular weight is 383 g/mol. The monoisotopic (exact) mass is 383 g/mol. The molecule has 0 radical (unpaired) electrons. The zero-order valence-electron chi connectivity index (χ0n) is 15.6. The van der Waals surface area contributed by atoms with Crippen LogP contribution in [0.15, 0.2) is 36.5 Å². The number of ether oxygens (including phenoxy) is 2. The van der Waals surface area contributed by atoms with Gasteiger partial charge in [0.05, 0.1) is 19.3 Å². The van der Waals surface area contributed by atoms with Gasteiger partial charge < -0.3 is 25.6 Å². The summed E-state index contributed by atoms with van der Waals surface area (Å²) in [5.74, 6) is -0.207. The Morgan fingerprint density at radius 1 is 1.36 bits per heavy atom. The van der Waals surface area contributed by atoms with E-state index in [2.05, 4.69) is 22.4 Å². The molecular weight excluding hydrogens is 358 g/mol. The van der Waals surface area contributed by atoms with Gasteiger partial charge in [-0.1, -0.05) is 24.3 Å². The molecule has 7 nitrogen and oxygen atoms in total. The third-order valence-corrected chi connectivity index (χ3v) is 5.44. The molecule has 0 spiro atoms. The first-order valence-corrected chi connectivity index (χ1v) is 9.62. The Morgan fingerprint density at radius 3 is 2.93 bits per heavy atom. The maximum absolute atomic E-state index is 11.9. The number of carbonyl (C=O) groups excluding carboxylic acids is 1. The Bertz CT molecular complexity index is 851. The highest BCUT2D eigenvalue weighted by Crippen LogP contribution is 2.26. The highest BCUT2D eigenvalue weighted by Gasteiger charge is 2.28. The van der Waals surface area contributed by atoms with Crippen LogP contribution in [0.4, 0.5) is 0 Å². The van der Waals surface area contributed by atoms with Crippen molar-refractivity contribution in [1.29, 1.82) is 0 Å². The van der Waals surface area contributed by atoms with Crippen LogP contribution in [0.25, 0.3) is 0 Å². The van der Waals surface area contributed by atoms with Crippen LogP contribution < -0.4 is 15.8 Å². The molecule has 0 bridgehead atoms. The molecule has 1 unspecified atom stereocenters. The van der Waals surface area contributed by atoms with Crippen LogP contribution in [-0.4, -0.2) is 47.5 Å². The van der Waals surface area contributed by atoms with E-state index in [9.17, 15) is 9.90 Å². The topological polar surface area (TPSA) is 107 Å². The number of nitrogens with zero attached hydrogens (tertiary/aromatic N) is 1. The minimum absolute atomic E-state index is 0.105. The summed E-state index contributed by atoms with van der Waals surface area (Å²) in [6.07, 6.45) is 2.41. The van der Waals surface area contributed by atoms with E-state index in [0.717, 1.165) is 12.8 Å². The number of aliphatic hydroxyl groups is 1. The number of hydrogen-bond donors (Lipinski definition) is 3. The summed E-state index contributed by atoms with van der Waals surface area (Å²) in [5, 5.41) is 14.3. The maximum atomic E-state index is 11.9. The summed E-state index contributed by atoms with van der Waals surface area (Å²) in [6, 6.07) is 9.65. The first kappa shape index (κ1) is 18.9. The van der Waals surface area contributed by atoms with Crippen LogP contribution in [-0.2, 0) is 24.1 Å². The summed E-state index contributed by atoms with van der Waals surface area (Å²) in [4.78, 5) is 16.3. The average Bonchev–Trinajstić information content (AvgIpc) is 3.21. The molecule has 1 amide bonds. The van der Waals surface area contributed by atoms with E-state index in [4.69, 9.17) is 15.2 Å². The van der Waals surface area contributed by atoms with E-state index in [1.807, 2.05) is 12.1 Å². The molecule has 28 heavy (non-hydrogen) atoms. The van der Waals surface area contributed by atoms with Gasteiger partial charge in [0.1, 0.15) is 6.10 Å². The van der Waals surface area contributed by atoms with Gasteiger partial charge in [0.25, 0.3) is 0 Å². The number of pyridine rings is 1. The molecule has 3 atom stereocenters. The first-order valence-electron chi connectivity index (χ1n) is 9.62. The second-order valence-corrected chi connectivity index (χ2v) is 7.34. The third kappa shape index (κ3) is 4.01. The zero-order valence-corrected chi connectivity index (χ0v) is 15.6. The SMILES string of the molecule is NC(=O)c1ccnc(OC2CCOC2)c1C[C@@H](O)[C@@H]1Cc2ccccc2CN1. The van der Waals surface area contributed by atoms with E-state index < -0.39 is 12.0 Å². The lowest BCUT2D eigenvalue weighted by atomic mass is 9.90. The normalized spacial score (nSPS) is 22.5. The minimum Gasteiger partial charge on any atom is -0.472 e. The molecule has 4 N–H and O–H groups in total. The fraction of sp³-hybridized carbons (Fsp3) is 0.429. The van der Waals surface area contributed by atoms with Crippen molar-refractivity contribution in [3.8, 4) is 5.88 Å². The molecule has 3 heterocycles. The lowest BCUT2D eigenvalue weighted by Gasteiger charge is -2.30. The van der Waals surface area contributed by atoms with Crippen molar-refractivity contribution in [3.05, 3.63) is 58.8 Å². The van der Waals surface area contributed by atoms with Gasteiger partial charge in [0.2, 0.25) is 11.8 Å². The molecule has 4 rings (SSSR count). The number of amides is 1. The van der Waals surface area contributed by atoms with Gasteiger partial charge in [-0.25, -0.2) is 4.98 Å². The second kappa shape index (κ2) is 8.26. The third-order valence-electron chi connectivity index (χ3n) is 5.44. The highest BCUT2D eigenvalue weighted by molar-refractivity contribution is 5.94. The number of aromatic nitrogens is 1. The van der Waals surface area contributed by atoms with E-state index in [-0.39, 0.29) is 18.6 Å². The molecular formula is C21H25N3O4. The predicted molar refractivity (Wildman–Crippen MR) is 103 cm³/mol. The molecule has 2 aromatic rings. The van der Waals surface area contributed by atoms with Crippen LogP contribution in [0.1, 0.15) is 33.5 Å². The van der Waals surface area contributed by atoms with E-state index >= 15 is 0 Å². The second-order valence-electron chi connectivity index (χ2n) is 7.34. The number of nitrogens with two attached hydrogens (primary N) is 1. The molecule has 2 aliphatic rings. The molecule has 0 saturated carbocycles. The molecule has 7 heteroatoms. The molecule has 1 fully saturated rings. The van der Waals surface area contributed by atoms with E-state index in [0.29, 0.717) is 36.8 Å². The largest absolute Gasteiger partial charge is 0.472 e. The summed E-state index contributed by atoms with van der Waals surface area (Å²) in [7, 11) is 0. The van der Waals surface area contributed by atoms with Gasteiger partial charge in [-0.05, 0) is 23.6 Å². The Hall–Kier alpha value is -2.48. The Kier molecular flexibility index (Phi) is 5.57. The fourth-order valence-corrected chi connectivity index (χ4v) is 3.87. The van der Waals surface area contributed by atoms with Crippen molar-refractivity contribution in [2.24, 2.45) is 5.73 Å². The predicted octanol–water partition coefficient (Wildman–Crippen LogP) is 0.966. The lowest BCUT2D eigenvalue weighted by molar-refractivity contribution is 0.0990. The van der Waals surface area contributed by atoms with Crippen LogP contribution >= 0.6 is 0 Å². The van der Waals surface area contributed by atoms with Crippen molar-refractivity contribution < 1.29 is 19.4 Å². The standard InChI is InChI=1S/C21H25N3O4/c22-20(26)16-5-7-23-21(28-15-6-8-27-12-15)17(16)10-19(25)18-9-13-3-1-2-4-14(13)11-24-18/h1-5,7,15,18-19,24-25H,6,8-12H2,(H2,22,26)/t15?,18-,19+/m0/s1. The molecule has 0 aliphatic carbocycles. The molecule has 148 valence electrons. The maximum Gasteiger partial charge on any atom is 0.249 e. The molecule has 1 saturated heterocycles. The van der Waals surface area contributed by atoms with E-state index in [1.54, 1.807) is 6.07 Å². The Morgan fingerprint density at radius 2 is 2.18 bits per heavy atom. The lowest BCUT2D eigenvalue weighted by Crippen LogP contribution is -2.45. The van der Waals surface area contributed by atoms with Gasteiger partial charge >= 0.3 is 0 Å². The molecule has 2 aliphatic heterocycles. The van der Waals surface area contributed by atoms with Gasteiger partial charge in [-0.2, -0.15) is 0 Å². The fourth-order valence-electron chi connectivity index (χ4n) is 3.87. The number of primary amides is 1. The van der Waals surface area contributed by atoms with Gasteiger partial charge in [0.15, 0.2) is 0 Å². The Labute approximate surface area is 163 Å². The number of rotatable bonds is 6. The van der Waals surface area contributed by atoms with Crippen molar-refractivity contribution in [1.82, 2.24) is 10.3 Å². The van der Waals surface area contributed by atoms with Gasteiger partial charge in [-0.15, -0.1) is 0 Å². The summed E-state index contributed by atoms with van der Waals surface area (Å²) < 4.78 is 11.3. The van der Waals surface area contributed by atoms with Crippen LogP contribution in [0, 0.1) is 0 Å². The zero-order chi connectivity index (χ0) is 19.5. The Balaban J connectivity index is 1.55. The van der Waals surface area contributed by atoms with Crippen LogP contribution in [0.5, 0.6) is 5.88 Å². The molecule has 1 aromatic heterocycles. The van der Waals surface area contributed by atoms with Crippen LogP contribution in [0.2, 0.25) is 0 Å². The van der Waals surface area contributed by atoms with Crippen molar-refractivity contribution in [2.75, 3.05) is 13.2 Å². The summed E-state index contributed by atoms with van der Waals surface area (Å²) in [6.45, 7) is 1.84. The smallest absolute Gasteiger partial charge is 0.249 e. The minimum atomic E-state index is -0.710. The highest BCUT2D eigenvalue weighted by atomic mass is 16.5. The first-order chi connectivity index (χ1) is 13.6.